The van der Waals surface area contributed by atoms with E-state index in [4.69, 9.17) is 42.6 Å². The summed E-state index contributed by atoms with van der Waals surface area (Å²) in [6.45, 7) is 1.98. The maximum Gasteiger partial charge on any atom is 0.186 e. The van der Waals surface area contributed by atoms with Gasteiger partial charge in [0.2, 0.25) is 0 Å². The lowest BCUT2D eigenvalue weighted by Crippen LogP contribution is -2.64. The molecule has 0 unspecified atom stereocenters. The zero-order valence-electron chi connectivity index (χ0n) is 37.5. The first-order chi connectivity index (χ1) is 32.6. The van der Waals surface area contributed by atoms with Crippen molar-refractivity contribution in [3.8, 4) is 0 Å². The summed E-state index contributed by atoms with van der Waals surface area (Å²) in [5, 5.41) is 0. The lowest BCUT2D eigenvalue weighted by molar-refractivity contribution is -0.332. The summed E-state index contributed by atoms with van der Waals surface area (Å²) in [5.74, 6) is -0.672. The first kappa shape index (κ1) is 47.1. The molecule has 2 fully saturated rings. The van der Waals surface area contributed by atoms with Crippen LogP contribution < -0.4 is 0 Å². The summed E-state index contributed by atoms with van der Waals surface area (Å²) in [6, 6.07) is 59.7. The molecule has 1 heterocycles. The van der Waals surface area contributed by atoms with Crippen LogP contribution in [0.4, 0.5) is 0 Å². The molecule has 0 amide bonds. The molecule has 10 heteroatoms. The van der Waals surface area contributed by atoms with Crippen LogP contribution in [-0.2, 0) is 87.1 Å². The van der Waals surface area contributed by atoms with Crippen molar-refractivity contribution in [2.75, 3.05) is 20.3 Å². The van der Waals surface area contributed by atoms with E-state index in [0.717, 1.165) is 33.4 Å². The lowest BCUT2D eigenvalue weighted by Gasteiger charge is -2.48. The monoisotopic (exact) mass is 892 g/mol. The number of rotatable bonds is 23. The van der Waals surface area contributed by atoms with Gasteiger partial charge >= 0.3 is 0 Å². The van der Waals surface area contributed by atoms with Crippen LogP contribution in [0.1, 0.15) is 39.8 Å². The maximum atomic E-state index is 14.8. The van der Waals surface area contributed by atoms with Gasteiger partial charge in [0.1, 0.15) is 36.6 Å². The number of methoxy groups -OCH3 is 1. The number of Topliss-reactive ketones (excluding diaryl/α,β-unsaturated/α-hetero) is 1. The van der Waals surface area contributed by atoms with Gasteiger partial charge in [0.15, 0.2) is 12.1 Å². The van der Waals surface area contributed by atoms with Crippen LogP contribution in [0.2, 0.25) is 0 Å². The minimum Gasteiger partial charge on any atom is -0.376 e. The fourth-order valence-electron chi connectivity index (χ4n) is 8.53. The van der Waals surface area contributed by atoms with E-state index >= 15 is 0 Å². The number of ether oxygens (including phenoxy) is 9. The smallest absolute Gasteiger partial charge is 0.186 e. The normalized spacial score (nSPS) is 24.3. The molecular formula is C56H60O10. The quantitative estimate of drug-likeness (QED) is 0.0619. The van der Waals surface area contributed by atoms with Crippen LogP contribution in [0.5, 0.6) is 0 Å². The molecule has 0 spiro atoms. The SMILES string of the molecule is CO[C@@H]1O[C@H](COCc2ccccc2)[C@@H](O[C@@H]2C[C@H](COCc3ccccc3)C(=O)[C@H](OCc3ccccc3)[C@H]2OCc2ccccc2)[C@H](OCc2ccccc2)[C@H]1OCc1ccccc1. The van der Waals surface area contributed by atoms with Gasteiger partial charge < -0.3 is 42.6 Å². The molecule has 9 atom stereocenters. The standard InChI is InChI=1S/C56H60O10/c1-58-56-55(64-38-46-30-18-7-19-31-46)54(63-37-45-28-16-6-17-29-45)52(49(66-56)40-60-34-42-22-10-3-11-23-42)65-48-32-47(39-59-33-41-20-8-2-9-21-41)50(57)53(62-36-44-26-14-5-15-27-44)51(48)61-35-43-24-12-4-13-25-43/h2-31,47-49,51-56H,32-40H2,1H3/t47-,48-,49-,51+,52-,53+,54+,55-,56-/m1/s1. The second-order valence-electron chi connectivity index (χ2n) is 16.8. The molecule has 8 rings (SSSR count). The van der Waals surface area contributed by atoms with E-state index in [2.05, 4.69) is 0 Å². The average Bonchev–Trinajstić information content (AvgIpc) is 3.37. The summed E-state index contributed by atoms with van der Waals surface area (Å²) in [7, 11) is 1.61. The Bertz CT molecular complexity index is 2270. The van der Waals surface area contributed by atoms with Crippen molar-refractivity contribution in [1.29, 1.82) is 0 Å². The summed E-state index contributed by atoms with van der Waals surface area (Å²) < 4.78 is 60.4. The number of carbonyl (C=O) groups is 1. The summed E-state index contributed by atoms with van der Waals surface area (Å²) in [5.41, 5.74) is 5.88. The van der Waals surface area contributed by atoms with Gasteiger partial charge in [-0.05, 0) is 39.8 Å². The Kier molecular flexibility index (Phi) is 17.8. The first-order valence-electron chi connectivity index (χ1n) is 22.8. The molecule has 66 heavy (non-hydrogen) atoms. The van der Waals surface area contributed by atoms with Crippen LogP contribution in [0.15, 0.2) is 182 Å². The van der Waals surface area contributed by atoms with E-state index in [1.54, 1.807) is 7.11 Å². The van der Waals surface area contributed by atoms with Gasteiger partial charge in [0.25, 0.3) is 0 Å². The van der Waals surface area contributed by atoms with Gasteiger partial charge in [-0.2, -0.15) is 0 Å². The Labute approximate surface area is 388 Å². The molecule has 2 aliphatic rings. The Morgan fingerprint density at radius 3 is 1.26 bits per heavy atom. The number of hydrogen-bond acceptors (Lipinski definition) is 10. The highest BCUT2D eigenvalue weighted by molar-refractivity contribution is 5.87. The molecule has 0 radical (unpaired) electrons. The van der Waals surface area contributed by atoms with Gasteiger partial charge in [-0.1, -0.05) is 182 Å². The molecule has 0 aromatic heterocycles. The summed E-state index contributed by atoms with van der Waals surface area (Å²) in [6.07, 6.45) is -6.01. The molecule has 10 nitrogen and oxygen atoms in total. The van der Waals surface area contributed by atoms with Crippen molar-refractivity contribution in [3.05, 3.63) is 215 Å². The van der Waals surface area contributed by atoms with Crippen LogP contribution in [-0.4, -0.2) is 75.1 Å². The molecular weight excluding hydrogens is 833 g/mol. The highest BCUT2D eigenvalue weighted by Gasteiger charge is 2.53. The predicted octanol–water partition coefficient (Wildman–Crippen LogP) is 9.48. The van der Waals surface area contributed by atoms with Gasteiger partial charge in [0.05, 0.1) is 59.0 Å². The van der Waals surface area contributed by atoms with Crippen LogP contribution in [0.25, 0.3) is 0 Å². The molecule has 1 saturated heterocycles. The highest BCUT2D eigenvalue weighted by atomic mass is 16.7. The van der Waals surface area contributed by atoms with Gasteiger partial charge in [-0.25, -0.2) is 0 Å². The minimum absolute atomic E-state index is 0.0973. The number of hydrogen-bond donors (Lipinski definition) is 0. The summed E-state index contributed by atoms with van der Waals surface area (Å²) >= 11 is 0. The largest absolute Gasteiger partial charge is 0.376 e. The van der Waals surface area contributed by atoms with Crippen molar-refractivity contribution in [1.82, 2.24) is 0 Å². The Morgan fingerprint density at radius 2 is 0.818 bits per heavy atom. The van der Waals surface area contributed by atoms with Crippen molar-refractivity contribution < 1.29 is 47.4 Å². The van der Waals surface area contributed by atoms with Crippen LogP contribution >= 0.6 is 0 Å². The van der Waals surface area contributed by atoms with Gasteiger partial charge in [0, 0.05) is 13.0 Å². The number of benzene rings is 6. The van der Waals surface area contributed by atoms with E-state index in [9.17, 15) is 4.79 Å². The molecule has 1 aliphatic carbocycles. The zero-order chi connectivity index (χ0) is 45.2. The third kappa shape index (κ3) is 13.4. The van der Waals surface area contributed by atoms with E-state index in [1.807, 2.05) is 182 Å². The Balaban J connectivity index is 1.15. The van der Waals surface area contributed by atoms with Crippen molar-refractivity contribution in [2.45, 2.75) is 95.1 Å². The molecule has 6 aromatic carbocycles. The zero-order valence-corrected chi connectivity index (χ0v) is 37.5. The molecule has 344 valence electrons. The molecule has 6 aromatic rings. The van der Waals surface area contributed by atoms with Crippen molar-refractivity contribution >= 4 is 5.78 Å². The second kappa shape index (κ2) is 25.0. The number of ketones is 1. The van der Waals surface area contributed by atoms with Gasteiger partial charge in [-0.3, -0.25) is 4.79 Å². The van der Waals surface area contributed by atoms with Crippen molar-refractivity contribution in [3.63, 3.8) is 0 Å². The third-order valence-electron chi connectivity index (χ3n) is 12.0. The third-order valence-corrected chi connectivity index (χ3v) is 12.0. The minimum atomic E-state index is -0.990. The average molecular weight is 893 g/mol. The van der Waals surface area contributed by atoms with Crippen molar-refractivity contribution in [2.24, 2.45) is 5.92 Å². The van der Waals surface area contributed by atoms with Gasteiger partial charge in [-0.15, -0.1) is 0 Å². The highest BCUT2D eigenvalue weighted by Crippen LogP contribution is 2.37. The Hall–Kier alpha value is -5.37. The molecule has 1 saturated carbocycles. The second-order valence-corrected chi connectivity index (χ2v) is 16.8. The predicted molar refractivity (Wildman–Crippen MR) is 250 cm³/mol. The first-order valence-corrected chi connectivity index (χ1v) is 22.8. The fraction of sp³-hybridized carbons (Fsp3) is 0.339. The van der Waals surface area contributed by atoms with Crippen LogP contribution in [0.3, 0.4) is 0 Å². The Morgan fingerprint density at radius 1 is 0.439 bits per heavy atom. The van der Waals surface area contributed by atoms with E-state index in [1.165, 1.54) is 0 Å². The molecule has 1 aliphatic heterocycles. The fourth-order valence-corrected chi connectivity index (χ4v) is 8.53. The molecule has 0 bridgehead atoms. The van der Waals surface area contributed by atoms with E-state index < -0.39 is 54.9 Å². The van der Waals surface area contributed by atoms with E-state index in [0.29, 0.717) is 19.6 Å². The molecule has 0 N–H and O–H groups in total. The lowest BCUT2D eigenvalue weighted by atomic mass is 9.81. The van der Waals surface area contributed by atoms with Crippen LogP contribution in [0, 0.1) is 5.92 Å². The van der Waals surface area contributed by atoms with E-state index in [-0.39, 0.29) is 45.4 Å². The topological polar surface area (TPSA) is 100 Å². The number of carbonyl (C=O) groups excluding carboxylic acids is 1. The maximum absolute atomic E-state index is 14.8. The summed E-state index contributed by atoms with van der Waals surface area (Å²) in [4.78, 5) is 14.8.